The van der Waals surface area contributed by atoms with Gasteiger partial charge < -0.3 is 9.64 Å². The van der Waals surface area contributed by atoms with Gasteiger partial charge in [0, 0.05) is 17.7 Å². The molecule has 2 aliphatic rings. The summed E-state index contributed by atoms with van der Waals surface area (Å²) >= 11 is 0. The molecule has 1 saturated heterocycles. The average Bonchev–Trinajstić information content (AvgIpc) is 2.33. The van der Waals surface area contributed by atoms with Gasteiger partial charge in [-0.1, -0.05) is 62.3 Å². The molecule has 126 valence electrons. The third-order valence-electron chi connectivity index (χ3n) is 4.41. The van der Waals surface area contributed by atoms with Crippen molar-refractivity contribution in [2.24, 2.45) is 21.2 Å². The predicted molar refractivity (Wildman–Crippen MR) is 94.1 cm³/mol. The highest BCUT2D eigenvalue weighted by Gasteiger charge is 2.44. The average molecular weight is 306 g/mol. The Morgan fingerprint density at radius 2 is 1.55 bits per heavy atom. The Morgan fingerprint density at radius 1 is 0.955 bits per heavy atom. The fourth-order valence-electron chi connectivity index (χ4n) is 3.48. The SMILES string of the molecule is CC(C)(C)C1=NC(C(C)(C)C)C(C(C)(C)C)=C2COCCN12. The van der Waals surface area contributed by atoms with Crippen LogP contribution in [-0.4, -0.2) is 36.5 Å². The molecule has 1 atom stereocenters. The van der Waals surface area contributed by atoms with Crippen LogP contribution < -0.4 is 0 Å². The number of morpholine rings is 1. The van der Waals surface area contributed by atoms with Gasteiger partial charge in [0.15, 0.2) is 0 Å². The van der Waals surface area contributed by atoms with E-state index in [0.717, 1.165) is 13.2 Å². The minimum absolute atomic E-state index is 0.0511. The zero-order valence-electron chi connectivity index (χ0n) is 16.0. The lowest BCUT2D eigenvalue weighted by Crippen LogP contribution is -2.52. The molecule has 0 radical (unpaired) electrons. The Morgan fingerprint density at radius 3 is 2.00 bits per heavy atom. The van der Waals surface area contributed by atoms with Crippen LogP contribution in [0, 0.1) is 16.2 Å². The van der Waals surface area contributed by atoms with Gasteiger partial charge in [-0.2, -0.15) is 0 Å². The minimum atomic E-state index is 0.0511. The Labute approximate surface area is 136 Å². The van der Waals surface area contributed by atoms with Gasteiger partial charge in [-0.3, -0.25) is 4.99 Å². The lowest BCUT2D eigenvalue weighted by atomic mass is 9.70. The van der Waals surface area contributed by atoms with Crippen LogP contribution in [0.25, 0.3) is 0 Å². The second-order valence-corrected chi connectivity index (χ2v) is 9.79. The van der Waals surface area contributed by atoms with E-state index in [1.165, 1.54) is 17.1 Å². The Bertz CT molecular complexity index is 495. The fourth-order valence-corrected chi connectivity index (χ4v) is 3.48. The first-order valence-electron chi connectivity index (χ1n) is 8.50. The van der Waals surface area contributed by atoms with Gasteiger partial charge in [0.2, 0.25) is 0 Å². The van der Waals surface area contributed by atoms with Gasteiger partial charge in [0.25, 0.3) is 0 Å². The van der Waals surface area contributed by atoms with E-state index < -0.39 is 0 Å². The quantitative estimate of drug-likeness (QED) is 0.658. The number of amidine groups is 1. The number of aliphatic imine (C=N–C) groups is 1. The van der Waals surface area contributed by atoms with Crippen molar-refractivity contribution in [3.63, 3.8) is 0 Å². The summed E-state index contributed by atoms with van der Waals surface area (Å²) in [6.07, 6.45) is 0. The van der Waals surface area contributed by atoms with Crippen molar-refractivity contribution in [1.29, 1.82) is 0 Å². The molecule has 0 bridgehead atoms. The zero-order chi connectivity index (χ0) is 16.9. The number of fused-ring (bicyclic) bond motifs is 1. The maximum absolute atomic E-state index is 5.83. The number of hydrogen-bond acceptors (Lipinski definition) is 3. The number of hydrogen-bond donors (Lipinski definition) is 0. The highest BCUT2D eigenvalue weighted by molar-refractivity contribution is 5.90. The largest absolute Gasteiger partial charge is 0.373 e. The molecule has 22 heavy (non-hydrogen) atoms. The van der Waals surface area contributed by atoms with Crippen LogP contribution in [0.1, 0.15) is 62.3 Å². The standard InChI is InChI=1S/C19H34N2O/c1-17(2,3)14-13-12-22-11-10-21(13)16(19(7,8)9)20-15(14)18(4,5)6/h15H,10-12H2,1-9H3. The van der Waals surface area contributed by atoms with E-state index in [-0.39, 0.29) is 22.3 Å². The molecule has 0 aliphatic carbocycles. The molecule has 2 rings (SSSR count). The Kier molecular flexibility index (Phi) is 4.27. The van der Waals surface area contributed by atoms with Crippen molar-refractivity contribution in [1.82, 2.24) is 4.90 Å². The van der Waals surface area contributed by atoms with Crippen LogP contribution in [0.2, 0.25) is 0 Å². The van der Waals surface area contributed by atoms with E-state index in [9.17, 15) is 0 Å². The number of rotatable bonds is 0. The molecule has 0 aromatic heterocycles. The van der Waals surface area contributed by atoms with E-state index in [0.29, 0.717) is 6.61 Å². The third kappa shape index (κ3) is 3.24. The molecular weight excluding hydrogens is 272 g/mol. The van der Waals surface area contributed by atoms with Crippen molar-refractivity contribution < 1.29 is 4.74 Å². The summed E-state index contributed by atoms with van der Waals surface area (Å²) < 4.78 is 5.83. The van der Waals surface area contributed by atoms with E-state index in [1.54, 1.807) is 0 Å². The maximum atomic E-state index is 5.83. The van der Waals surface area contributed by atoms with Gasteiger partial charge in [-0.15, -0.1) is 0 Å². The summed E-state index contributed by atoms with van der Waals surface area (Å²) in [6, 6.07) is 0.217. The summed E-state index contributed by atoms with van der Waals surface area (Å²) in [4.78, 5) is 7.72. The summed E-state index contributed by atoms with van der Waals surface area (Å²) in [6.45, 7) is 23.0. The maximum Gasteiger partial charge on any atom is 0.109 e. The molecule has 0 saturated carbocycles. The van der Waals surface area contributed by atoms with Crippen LogP contribution in [0.5, 0.6) is 0 Å². The summed E-state index contributed by atoms with van der Waals surface area (Å²) in [5.41, 5.74) is 3.07. The first-order chi connectivity index (χ1) is 9.83. The monoisotopic (exact) mass is 306 g/mol. The summed E-state index contributed by atoms with van der Waals surface area (Å²) in [7, 11) is 0. The molecule has 2 heterocycles. The van der Waals surface area contributed by atoms with Crippen molar-refractivity contribution in [3.8, 4) is 0 Å². The number of ether oxygens (including phenoxy) is 1. The van der Waals surface area contributed by atoms with Crippen molar-refractivity contribution >= 4 is 5.84 Å². The van der Waals surface area contributed by atoms with E-state index >= 15 is 0 Å². The highest BCUT2D eigenvalue weighted by atomic mass is 16.5. The van der Waals surface area contributed by atoms with Crippen LogP contribution in [0.15, 0.2) is 16.3 Å². The Balaban J connectivity index is 2.65. The molecule has 0 spiro atoms. The van der Waals surface area contributed by atoms with Gasteiger partial charge in [-0.05, 0) is 16.4 Å². The highest BCUT2D eigenvalue weighted by Crippen LogP contribution is 2.45. The topological polar surface area (TPSA) is 24.8 Å². The molecule has 3 nitrogen and oxygen atoms in total. The normalized spacial score (nSPS) is 24.3. The molecular formula is C19H34N2O. The molecule has 0 N–H and O–H groups in total. The van der Waals surface area contributed by atoms with Gasteiger partial charge in [-0.25, -0.2) is 0 Å². The van der Waals surface area contributed by atoms with E-state index in [2.05, 4.69) is 67.2 Å². The fraction of sp³-hybridized carbons (Fsp3) is 0.842. The first-order valence-corrected chi connectivity index (χ1v) is 8.50. The predicted octanol–water partition coefficient (Wildman–Crippen LogP) is 4.49. The summed E-state index contributed by atoms with van der Waals surface area (Å²) in [5.74, 6) is 1.22. The zero-order valence-corrected chi connectivity index (χ0v) is 16.0. The van der Waals surface area contributed by atoms with E-state index in [1.807, 2.05) is 0 Å². The smallest absolute Gasteiger partial charge is 0.109 e. The lowest BCUT2D eigenvalue weighted by Gasteiger charge is -2.49. The summed E-state index contributed by atoms with van der Waals surface area (Å²) in [5, 5.41) is 0. The first kappa shape index (κ1) is 17.5. The van der Waals surface area contributed by atoms with E-state index in [4.69, 9.17) is 9.73 Å². The van der Waals surface area contributed by atoms with Crippen LogP contribution in [0.3, 0.4) is 0 Å². The van der Waals surface area contributed by atoms with Gasteiger partial charge >= 0.3 is 0 Å². The lowest BCUT2D eigenvalue weighted by molar-refractivity contribution is 0.0867. The molecule has 3 heteroatoms. The van der Waals surface area contributed by atoms with Crippen molar-refractivity contribution in [2.45, 2.75) is 68.4 Å². The minimum Gasteiger partial charge on any atom is -0.373 e. The van der Waals surface area contributed by atoms with Crippen molar-refractivity contribution in [3.05, 3.63) is 11.3 Å². The molecule has 0 aromatic carbocycles. The molecule has 0 aromatic rings. The Hall–Kier alpha value is -0.830. The third-order valence-corrected chi connectivity index (χ3v) is 4.41. The molecule has 1 fully saturated rings. The molecule has 1 unspecified atom stereocenters. The van der Waals surface area contributed by atoms with Crippen LogP contribution >= 0.6 is 0 Å². The second kappa shape index (κ2) is 5.36. The van der Waals surface area contributed by atoms with Crippen molar-refractivity contribution in [2.75, 3.05) is 19.8 Å². The molecule has 2 aliphatic heterocycles. The van der Waals surface area contributed by atoms with Gasteiger partial charge in [0.05, 0.1) is 19.3 Å². The van der Waals surface area contributed by atoms with Crippen LogP contribution in [-0.2, 0) is 4.74 Å². The molecule has 0 amide bonds. The van der Waals surface area contributed by atoms with Gasteiger partial charge in [0.1, 0.15) is 5.84 Å². The van der Waals surface area contributed by atoms with Crippen LogP contribution in [0.4, 0.5) is 0 Å². The number of nitrogens with zero attached hydrogens (tertiary/aromatic N) is 2. The second-order valence-electron chi connectivity index (χ2n) is 9.79.